The standard InChI is InChI=1S/C15H15ClN4OS/c16-14-12(18-19-22-14)9-20-7-3-4-10(8-20)15-17-11-5-1-2-6-13(11)21-15/h1-2,5-6,10H,3-4,7-9H2/t10-/m0/s1. The summed E-state index contributed by atoms with van der Waals surface area (Å²) in [4.78, 5) is 6.99. The summed E-state index contributed by atoms with van der Waals surface area (Å²) >= 11 is 7.34. The minimum atomic E-state index is 0.325. The van der Waals surface area contributed by atoms with E-state index in [9.17, 15) is 0 Å². The minimum absolute atomic E-state index is 0.325. The smallest absolute Gasteiger partial charge is 0.199 e. The molecule has 0 unspecified atom stereocenters. The number of benzene rings is 1. The summed E-state index contributed by atoms with van der Waals surface area (Å²) in [6, 6.07) is 7.91. The van der Waals surface area contributed by atoms with Gasteiger partial charge in [-0.1, -0.05) is 28.2 Å². The van der Waals surface area contributed by atoms with Gasteiger partial charge in [-0.15, -0.1) is 5.10 Å². The Labute approximate surface area is 137 Å². The quantitative estimate of drug-likeness (QED) is 0.730. The van der Waals surface area contributed by atoms with Gasteiger partial charge in [-0.2, -0.15) is 0 Å². The topological polar surface area (TPSA) is 55.1 Å². The molecule has 0 aliphatic carbocycles. The normalized spacial score (nSPS) is 19.8. The van der Waals surface area contributed by atoms with Gasteiger partial charge in [0.05, 0.1) is 0 Å². The number of likely N-dealkylation sites (tertiary alicyclic amines) is 1. The van der Waals surface area contributed by atoms with Crippen LogP contribution in [-0.2, 0) is 6.54 Å². The minimum Gasteiger partial charge on any atom is -0.440 e. The third kappa shape index (κ3) is 2.74. The van der Waals surface area contributed by atoms with Crippen LogP contribution in [0.5, 0.6) is 0 Å². The molecule has 0 radical (unpaired) electrons. The fraction of sp³-hybridized carbons (Fsp3) is 0.400. The molecule has 3 heterocycles. The van der Waals surface area contributed by atoms with Crippen molar-refractivity contribution in [3.05, 3.63) is 40.2 Å². The van der Waals surface area contributed by atoms with Gasteiger partial charge in [-0.3, -0.25) is 4.90 Å². The fourth-order valence-corrected chi connectivity index (χ4v) is 3.58. The summed E-state index contributed by atoms with van der Waals surface area (Å²) in [5.74, 6) is 1.17. The number of nitrogens with zero attached hydrogens (tertiary/aromatic N) is 4. The first-order chi connectivity index (χ1) is 10.8. The zero-order valence-corrected chi connectivity index (χ0v) is 13.5. The number of hydrogen-bond acceptors (Lipinski definition) is 6. The van der Waals surface area contributed by atoms with Crippen molar-refractivity contribution in [2.45, 2.75) is 25.3 Å². The number of fused-ring (bicyclic) bond motifs is 1. The van der Waals surface area contributed by atoms with Gasteiger partial charge in [0.15, 0.2) is 11.5 Å². The first kappa shape index (κ1) is 14.1. The van der Waals surface area contributed by atoms with Crippen LogP contribution in [0.1, 0.15) is 30.3 Å². The van der Waals surface area contributed by atoms with Gasteiger partial charge < -0.3 is 4.42 Å². The molecule has 22 heavy (non-hydrogen) atoms. The Bertz CT molecular complexity index is 754. The van der Waals surface area contributed by atoms with Gasteiger partial charge in [0.25, 0.3) is 0 Å². The van der Waals surface area contributed by atoms with Crippen LogP contribution < -0.4 is 0 Å². The van der Waals surface area contributed by atoms with E-state index < -0.39 is 0 Å². The molecule has 114 valence electrons. The number of piperidine rings is 1. The Balaban J connectivity index is 1.51. The molecule has 1 aliphatic heterocycles. The van der Waals surface area contributed by atoms with E-state index in [4.69, 9.17) is 16.0 Å². The molecule has 2 aromatic heterocycles. The van der Waals surface area contributed by atoms with Crippen LogP contribution in [-0.4, -0.2) is 32.6 Å². The van der Waals surface area contributed by atoms with Crippen molar-refractivity contribution in [1.29, 1.82) is 0 Å². The molecular weight excluding hydrogens is 320 g/mol. The average molecular weight is 335 g/mol. The van der Waals surface area contributed by atoms with Crippen molar-refractivity contribution in [2.24, 2.45) is 0 Å². The Morgan fingerprint density at radius 1 is 1.36 bits per heavy atom. The third-order valence-corrected chi connectivity index (χ3v) is 5.03. The van der Waals surface area contributed by atoms with E-state index in [1.807, 2.05) is 24.3 Å². The molecule has 7 heteroatoms. The lowest BCUT2D eigenvalue weighted by molar-refractivity contribution is 0.185. The van der Waals surface area contributed by atoms with E-state index in [2.05, 4.69) is 19.5 Å². The summed E-state index contributed by atoms with van der Waals surface area (Å²) in [6.07, 6.45) is 2.23. The number of halogens is 1. The summed E-state index contributed by atoms with van der Waals surface area (Å²) in [5.41, 5.74) is 2.66. The monoisotopic (exact) mass is 334 g/mol. The van der Waals surface area contributed by atoms with Gasteiger partial charge in [0.1, 0.15) is 15.5 Å². The zero-order valence-electron chi connectivity index (χ0n) is 11.9. The van der Waals surface area contributed by atoms with Crippen molar-refractivity contribution < 1.29 is 4.42 Å². The second-order valence-electron chi connectivity index (χ2n) is 5.59. The zero-order chi connectivity index (χ0) is 14.9. The number of aromatic nitrogens is 3. The molecule has 1 fully saturated rings. The number of oxazole rings is 1. The van der Waals surface area contributed by atoms with Crippen molar-refractivity contribution in [3.8, 4) is 0 Å². The molecule has 0 N–H and O–H groups in total. The summed E-state index contributed by atoms with van der Waals surface area (Å²) in [7, 11) is 0. The van der Waals surface area contributed by atoms with Crippen LogP contribution in [0.4, 0.5) is 0 Å². The maximum absolute atomic E-state index is 6.10. The lowest BCUT2D eigenvalue weighted by Gasteiger charge is -2.30. The third-order valence-electron chi connectivity index (χ3n) is 4.05. The molecule has 0 bridgehead atoms. The van der Waals surface area contributed by atoms with E-state index in [1.165, 1.54) is 11.5 Å². The Morgan fingerprint density at radius 3 is 3.09 bits per heavy atom. The molecule has 3 aromatic rings. The van der Waals surface area contributed by atoms with Gasteiger partial charge >= 0.3 is 0 Å². The van der Waals surface area contributed by atoms with E-state index in [1.54, 1.807) is 0 Å². The largest absolute Gasteiger partial charge is 0.440 e. The highest BCUT2D eigenvalue weighted by Gasteiger charge is 2.26. The van der Waals surface area contributed by atoms with Crippen LogP contribution in [0.3, 0.4) is 0 Å². The van der Waals surface area contributed by atoms with E-state index in [0.29, 0.717) is 10.3 Å². The van der Waals surface area contributed by atoms with Crippen LogP contribution in [0, 0.1) is 0 Å². The lowest BCUT2D eigenvalue weighted by Crippen LogP contribution is -2.34. The first-order valence-electron chi connectivity index (χ1n) is 7.34. The highest BCUT2D eigenvalue weighted by Crippen LogP contribution is 2.30. The average Bonchev–Trinajstić information content (AvgIpc) is 3.14. The maximum Gasteiger partial charge on any atom is 0.199 e. The van der Waals surface area contributed by atoms with Crippen LogP contribution in [0.15, 0.2) is 28.7 Å². The summed E-state index contributed by atoms with van der Waals surface area (Å²) in [6.45, 7) is 2.71. The molecule has 1 aliphatic rings. The highest BCUT2D eigenvalue weighted by molar-refractivity contribution is 7.10. The predicted molar refractivity (Wildman–Crippen MR) is 86.2 cm³/mol. The Hall–Kier alpha value is -1.50. The molecular formula is C15H15ClN4OS. The molecule has 5 nitrogen and oxygen atoms in total. The van der Waals surface area contributed by atoms with Crippen molar-refractivity contribution >= 4 is 34.2 Å². The molecule has 0 saturated carbocycles. The van der Waals surface area contributed by atoms with Crippen molar-refractivity contribution in [3.63, 3.8) is 0 Å². The Morgan fingerprint density at radius 2 is 2.27 bits per heavy atom. The van der Waals surface area contributed by atoms with Crippen LogP contribution in [0.2, 0.25) is 4.34 Å². The second-order valence-corrected chi connectivity index (χ2v) is 6.94. The van der Waals surface area contributed by atoms with Crippen LogP contribution in [0.25, 0.3) is 11.1 Å². The van der Waals surface area contributed by atoms with Gasteiger partial charge in [-0.05, 0) is 31.5 Å². The lowest BCUT2D eigenvalue weighted by atomic mass is 9.98. The van der Waals surface area contributed by atoms with Gasteiger partial charge in [0, 0.05) is 30.5 Å². The van der Waals surface area contributed by atoms with E-state index >= 15 is 0 Å². The maximum atomic E-state index is 6.10. The van der Waals surface area contributed by atoms with Crippen LogP contribution >= 0.6 is 23.1 Å². The van der Waals surface area contributed by atoms with Crippen molar-refractivity contribution in [1.82, 2.24) is 19.5 Å². The van der Waals surface area contributed by atoms with E-state index in [0.717, 1.165) is 55.2 Å². The number of hydrogen-bond donors (Lipinski definition) is 0. The molecule has 0 spiro atoms. The fourth-order valence-electron chi connectivity index (χ4n) is 2.97. The Kier molecular flexibility index (Phi) is 3.82. The number of rotatable bonds is 3. The van der Waals surface area contributed by atoms with E-state index in [-0.39, 0.29) is 0 Å². The predicted octanol–water partition coefficient (Wildman–Crippen LogP) is 3.71. The molecule has 1 saturated heterocycles. The number of para-hydroxylation sites is 2. The summed E-state index contributed by atoms with van der Waals surface area (Å²) in [5, 5.41) is 4.10. The molecule has 1 aromatic carbocycles. The first-order valence-corrected chi connectivity index (χ1v) is 8.49. The molecule has 0 amide bonds. The second kappa shape index (κ2) is 5.95. The molecule has 4 rings (SSSR count). The van der Waals surface area contributed by atoms with Crippen molar-refractivity contribution in [2.75, 3.05) is 13.1 Å². The molecule has 1 atom stereocenters. The SMILES string of the molecule is Clc1snnc1CN1CCC[C@H](c2nc3ccccc3o2)C1. The highest BCUT2D eigenvalue weighted by atomic mass is 35.5. The summed E-state index contributed by atoms with van der Waals surface area (Å²) < 4.78 is 10.5. The van der Waals surface area contributed by atoms with Gasteiger partial charge in [0.2, 0.25) is 0 Å². The van der Waals surface area contributed by atoms with Gasteiger partial charge in [-0.25, -0.2) is 4.98 Å².